The van der Waals surface area contributed by atoms with E-state index in [9.17, 15) is 0 Å². The van der Waals surface area contributed by atoms with Crippen molar-refractivity contribution >= 4 is 0 Å². The molecular weight excluding hydrogens is 218 g/mol. The van der Waals surface area contributed by atoms with Gasteiger partial charge in [-0.15, -0.1) is 0 Å². The third-order valence-electron chi connectivity index (χ3n) is 3.66. The molecule has 0 aromatic heterocycles. The highest BCUT2D eigenvalue weighted by molar-refractivity contribution is 4.51. The fourth-order valence-electron chi connectivity index (χ4n) is 2.36. The van der Waals surface area contributed by atoms with Crippen molar-refractivity contribution in [2.24, 2.45) is 0 Å². The van der Waals surface area contributed by atoms with Crippen LogP contribution >= 0.6 is 0 Å². The van der Waals surface area contributed by atoms with Crippen molar-refractivity contribution < 1.29 is 0 Å². The van der Waals surface area contributed by atoms with Gasteiger partial charge < -0.3 is 5.32 Å². The second kappa shape index (κ2) is 17.0. The van der Waals surface area contributed by atoms with E-state index in [0.717, 1.165) is 0 Å². The zero-order valence-electron chi connectivity index (χ0n) is 13.1. The normalized spacial score (nSPS) is 11.0. The molecule has 0 aromatic carbocycles. The summed E-state index contributed by atoms with van der Waals surface area (Å²) in [7, 11) is 0. The van der Waals surface area contributed by atoms with E-state index in [1.54, 1.807) is 0 Å². The summed E-state index contributed by atoms with van der Waals surface area (Å²) < 4.78 is 0. The Balaban J connectivity index is 2.86. The third kappa shape index (κ3) is 16.0. The van der Waals surface area contributed by atoms with Crippen LogP contribution in [-0.2, 0) is 0 Å². The zero-order valence-corrected chi connectivity index (χ0v) is 13.1. The van der Waals surface area contributed by atoms with Crippen LogP contribution in [0.3, 0.4) is 0 Å². The van der Waals surface area contributed by atoms with E-state index >= 15 is 0 Å². The largest absolute Gasteiger partial charge is 0.317 e. The van der Waals surface area contributed by atoms with E-state index in [1.165, 1.54) is 96.6 Å². The monoisotopic (exact) mass is 255 g/mol. The van der Waals surface area contributed by atoms with Crippen LogP contribution in [0.2, 0.25) is 0 Å². The molecule has 0 rings (SSSR count). The second-order valence-electron chi connectivity index (χ2n) is 5.64. The van der Waals surface area contributed by atoms with Crippen molar-refractivity contribution in [3.05, 3.63) is 0 Å². The Hall–Kier alpha value is -0.0400. The van der Waals surface area contributed by atoms with Crippen LogP contribution in [0, 0.1) is 0 Å². The minimum absolute atomic E-state index is 1.23. The minimum Gasteiger partial charge on any atom is -0.317 e. The van der Waals surface area contributed by atoms with Gasteiger partial charge >= 0.3 is 0 Å². The minimum atomic E-state index is 1.23. The van der Waals surface area contributed by atoms with E-state index in [1.807, 2.05) is 0 Å². The van der Waals surface area contributed by atoms with Crippen LogP contribution in [0.5, 0.6) is 0 Å². The molecule has 1 heteroatoms. The van der Waals surface area contributed by atoms with Crippen LogP contribution in [0.1, 0.15) is 97.3 Å². The van der Waals surface area contributed by atoms with Gasteiger partial charge in [0.2, 0.25) is 0 Å². The van der Waals surface area contributed by atoms with Gasteiger partial charge in [-0.2, -0.15) is 0 Å². The SMILES string of the molecule is CCCCCCCCCCCCNCCCCC. The molecule has 0 aliphatic carbocycles. The number of nitrogens with one attached hydrogen (secondary N) is 1. The predicted molar refractivity (Wildman–Crippen MR) is 84.2 cm³/mol. The van der Waals surface area contributed by atoms with Gasteiger partial charge in [-0.25, -0.2) is 0 Å². The molecular formula is C17H37N. The predicted octanol–water partition coefficient (Wildman–Crippen LogP) is 5.69. The van der Waals surface area contributed by atoms with Crippen LogP contribution < -0.4 is 5.32 Å². The lowest BCUT2D eigenvalue weighted by Crippen LogP contribution is -2.16. The molecule has 0 saturated heterocycles. The molecule has 0 atom stereocenters. The Bertz CT molecular complexity index is 118. The van der Waals surface area contributed by atoms with Gasteiger partial charge in [-0.3, -0.25) is 0 Å². The first kappa shape index (κ1) is 18.0. The lowest BCUT2D eigenvalue weighted by Gasteiger charge is -2.04. The molecule has 1 N–H and O–H groups in total. The molecule has 0 unspecified atom stereocenters. The third-order valence-corrected chi connectivity index (χ3v) is 3.66. The fourth-order valence-corrected chi connectivity index (χ4v) is 2.36. The molecule has 0 amide bonds. The standard InChI is InChI=1S/C17H37N/c1-3-5-7-8-9-10-11-12-13-15-17-18-16-14-6-4-2/h18H,3-17H2,1-2H3. The number of rotatable bonds is 15. The van der Waals surface area contributed by atoms with Gasteiger partial charge in [-0.05, 0) is 25.9 Å². The lowest BCUT2D eigenvalue weighted by atomic mass is 10.1. The second-order valence-corrected chi connectivity index (χ2v) is 5.64. The Labute approximate surface area is 116 Å². The molecule has 0 aliphatic heterocycles. The average Bonchev–Trinajstić information content (AvgIpc) is 2.39. The van der Waals surface area contributed by atoms with Gasteiger partial charge in [0.1, 0.15) is 0 Å². The number of hydrogen-bond donors (Lipinski definition) is 1. The highest BCUT2D eigenvalue weighted by atomic mass is 14.8. The van der Waals surface area contributed by atoms with E-state index in [2.05, 4.69) is 19.2 Å². The van der Waals surface area contributed by atoms with E-state index in [0.29, 0.717) is 0 Å². The molecule has 1 nitrogen and oxygen atoms in total. The van der Waals surface area contributed by atoms with Crippen LogP contribution in [-0.4, -0.2) is 13.1 Å². The van der Waals surface area contributed by atoms with Crippen LogP contribution in [0.15, 0.2) is 0 Å². The number of unbranched alkanes of at least 4 members (excludes halogenated alkanes) is 11. The summed E-state index contributed by atoms with van der Waals surface area (Å²) in [5, 5.41) is 3.55. The first-order valence-corrected chi connectivity index (χ1v) is 8.62. The lowest BCUT2D eigenvalue weighted by molar-refractivity contribution is 0.537. The van der Waals surface area contributed by atoms with Gasteiger partial charge in [0.25, 0.3) is 0 Å². The summed E-state index contributed by atoms with van der Waals surface area (Å²) in [6.07, 6.45) is 18.4. The van der Waals surface area contributed by atoms with Crippen molar-refractivity contribution in [2.75, 3.05) is 13.1 Å². The smallest absolute Gasteiger partial charge is 0.00489 e. The van der Waals surface area contributed by atoms with Gasteiger partial charge in [0, 0.05) is 0 Å². The van der Waals surface area contributed by atoms with Crippen LogP contribution in [0.4, 0.5) is 0 Å². The Kier molecular flexibility index (Phi) is 16.9. The maximum absolute atomic E-state index is 3.55. The van der Waals surface area contributed by atoms with Crippen molar-refractivity contribution in [1.82, 2.24) is 5.32 Å². The van der Waals surface area contributed by atoms with Crippen molar-refractivity contribution in [2.45, 2.75) is 97.3 Å². The summed E-state index contributed by atoms with van der Waals surface area (Å²) in [5.41, 5.74) is 0. The maximum atomic E-state index is 3.55. The maximum Gasteiger partial charge on any atom is -0.00489 e. The molecule has 0 heterocycles. The molecule has 0 aliphatic rings. The first-order chi connectivity index (χ1) is 8.91. The molecule has 0 aromatic rings. The average molecular weight is 255 g/mol. The first-order valence-electron chi connectivity index (χ1n) is 8.62. The Morgan fingerprint density at radius 1 is 0.444 bits per heavy atom. The van der Waals surface area contributed by atoms with E-state index in [4.69, 9.17) is 0 Å². The summed E-state index contributed by atoms with van der Waals surface area (Å²) >= 11 is 0. The molecule has 0 spiro atoms. The quantitative estimate of drug-likeness (QED) is 0.371. The summed E-state index contributed by atoms with van der Waals surface area (Å²) in [6, 6.07) is 0. The van der Waals surface area contributed by atoms with E-state index < -0.39 is 0 Å². The summed E-state index contributed by atoms with van der Waals surface area (Å²) in [5.74, 6) is 0. The highest BCUT2D eigenvalue weighted by Crippen LogP contribution is 2.10. The highest BCUT2D eigenvalue weighted by Gasteiger charge is 1.92. The van der Waals surface area contributed by atoms with Gasteiger partial charge in [0.05, 0.1) is 0 Å². The molecule has 0 saturated carbocycles. The molecule has 110 valence electrons. The van der Waals surface area contributed by atoms with Crippen molar-refractivity contribution in [3.8, 4) is 0 Å². The van der Waals surface area contributed by atoms with E-state index in [-0.39, 0.29) is 0 Å². The van der Waals surface area contributed by atoms with Crippen molar-refractivity contribution in [1.29, 1.82) is 0 Å². The fraction of sp³-hybridized carbons (Fsp3) is 1.00. The van der Waals surface area contributed by atoms with Crippen LogP contribution in [0.25, 0.3) is 0 Å². The van der Waals surface area contributed by atoms with Crippen molar-refractivity contribution in [3.63, 3.8) is 0 Å². The number of hydrogen-bond acceptors (Lipinski definition) is 1. The topological polar surface area (TPSA) is 12.0 Å². The Morgan fingerprint density at radius 2 is 0.778 bits per heavy atom. The van der Waals surface area contributed by atoms with Gasteiger partial charge in [0.15, 0.2) is 0 Å². The molecule has 0 fully saturated rings. The molecule has 0 bridgehead atoms. The molecule has 0 radical (unpaired) electrons. The summed E-state index contributed by atoms with van der Waals surface area (Å²) in [4.78, 5) is 0. The summed E-state index contributed by atoms with van der Waals surface area (Å²) in [6.45, 7) is 7.02. The van der Waals surface area contributed by atoms with Gasteiger partial charge in [-0.1, -0.05) is 84.5 Å². The Morgan fingerprint density at radius 3 is 1.28 bits per heavy atom. The zero-order chi connectivity index (χ0) is 13.3. The molecule has 18 heavy (non-hydrogen) atoms.